The van der Waals surface area contributed by atoms with E-state index in [1.54, 1.807) is 0 Å². The van der Waals surface area contributed by atoms with E-state index in [4.69, 9.17) is 0 Å². The first-order valence-electron chi connectivity index (χ1n) is 6.16. The minimum atomic E-state index is 0.141. The van der Waals surface area contributed by atoms with Gasteiger partial charge in [-0.1, -0.05) is 20.8 Å². The Bertz CT molecular complexity index is 204. The SMILES string of the molecule is CCCN1CCCN(C(=O)C(C)C)CC1. The van der Waals surface area contributed by atoms with Gasteiger partial charge < -0.3 is 9.80 Å². The molecule has 0 saturated carbocycles. The summed E-state index contributed by atoms with van der Waals surface area (Å²) >= 11 is 0. The van der Waals surface area contributed by atoms with Gasteiger partial charge in [0.2, 0.25) is 5.91 Å². The van der Waals surface area contributed by atoms with Crippen molar-refractivity contribution in [3.05, 3.63) is 0 Å². The maximum absolute atomic E-state index is 11.8. The van der Waals surface area contributed by atoms with Gasteiger partial charge in [-0.25, -0.2) is 0 Å². The van der Waals surface area contributed by atoms with E-state index in [0.29, 0.717) is 5.91 Å². The van der Waals surface area contributed by atoms with E-state index in [9.17, 15) is 4.79 Å². The molecule has 0 aromatic rings. The molecule has 0 atom stereocenters. The van der Waals surface area contributed by atoms with Crippen LogP contribution >= 0.6 is 0 Å². The Kier molecular flexibility index (Phi) is 5.09. The summed E-state index contributed by atoms with van der Waals surface area (Å²) in [5, 5.41) is 0. The molecule has 3 heteroatoms. The number of carbonyl (C=O) groups is 1. The number of nitrogens with zero attached hydrogens (tertiary/aromatic N) is 2. The lowest BCUT2D eigenvalue weighted by Crippen LogP contribution is -2.37. The molecule has 88 valence electrons. The van der Waals surface area contributed by atoms with Crippen molar-refractivity contribution >= 4 is 5.91 Å². The van der Waals surface area contributed by atoms with Gasteiger partial charge in [0.25, 0.3) is 0 Å². The Morgan fingerprint density at radius 2 is 1.93 bits per heavy atom. The molecule has 1 heterocycles. The molecule has 0 unspecified atom stereocenters. The second kappa shape index (κ2) is 6.11. The average molecular weight is 212 g/mol. The van der Waals surface area contributed by atoms with Gasteiger partial charge >= 0.3 is 0 Å². The summed E-state index contributed by atoms with van der Waals surface area (Å²) in [6.07, 6.45) is 2.33. The summed E-state index contributed by atoms with van der Waals surface area (Å²) in [5.41, 5.74) is 0. The van der Waals surface area contributed by atoms with Crippen LogP contribution in [0.5, 0.6) is 0 Å². The molecule has 0 aliphatic carbocycles. The Morgan fingerprint density at radius 1 is 1.20 bits per heavy atom. The Hall–Kier alpha value is -0.570. The van der Waals surface area contributed by atoms with Crippen molar-refractivity contribution in [2.24, 2.45) is 5.92 Å². The molecule has 1 aliphatic heterocycles. The first-order chi connectivity index (χ1) is 7.15. The van der Waals surface area contributed by atoms with Crippen LogP contribution in [0.25, 0.3) is 0 Å². The van der Waals surface area contributed by atoms with E-state index in [2.05, 4.69) is 11.8 Å². The summed E-state index contributed by atoms with van der Waals surface area (Å²) in [6.45, 7) is 11.4. The molecule has 1 saturated heterocycles. The monoisotopic (exact) mass is 212 g/mol. The number of hydrogen-bond donors (Lipinski definition) is 0. The third kappa shape index (κ3) is 3.82. The van der Waals surface area contributed by atoms with Crippen molar-refractivity contribution in [2.45, 2.75) is 33.6 Å². The van der Waals surface area contributed by atoms with E-state index < -0.39 is 0 Å². The molecule has 1 aliphatic rings. The van der Waals surface area contributed by atoms with E-state index in [0.717, 1.165) is 32.6 Å². The fourth-order valence-corrected chi connectivity index (χ4v) is 2.10. The van der Waals surface area contributed by atoms with Crippen LogP contribution in [0.3, 0.4) is 0 Å². The molecule has 3 nitrogen and oxygen atoms in total. The predicted molar refractivity (Wildman–Crippen MR) is 62.8 cm³/mol. The molecule has 1 amide bonds. The van der Waals surface area contributed by atoms with Gasteiger partial charge in [-0.05, 0) is 25.9 Å². The summed E-state index contributed by atoms with van der Waals surface area (Å²) in [7, 11) is 0. The van der Waals surface area contributed by atoms with Crippen molar-refractivity contribution in [1.29, 1.82) is 0 Å². The van der Waals surface area contributed by atoms with Crippen molar-refractivity contribution in [1.82, 2.24) is 9.80 Å². The summed E-state index contributed by atoms with van der Waals surface area (Å²) in [5.74, 6) is 0.455. The van der Waals surface area contributed by atoms with E-state index >= 15 is 0 Å². The quantitative estimate of drug-likeness (QED) is 0.709. The molecular weight excluding hydrogens is 188 g/mol. The third-order valence-corrected chi connectivity index (χ3v) is 2.93. The van der Waals surface area contributed by atoms with Crippen molar-refractivity contribution in [3.63, 3.8) is 0 Å². The zero-order chi connectivity index (χ0) is 11.3. The van der Waals surface area contributed by atoms with Crippen LogP contribution in [0.1, 0.15) is 33.6 Å². The van der Waals surface area contributed by atoms with E-state index in [1.165, 1.54) is 13.0 Å². The minimum absolute atomic E-state index is 0.141. The highest BCUT2D eigenvalue weighted by Crippen LogP contribution is 2.07. The van der Waals surface area contributed by atoms with Gasteiger partial charge in [0.05, 0.1) is 0 Å². The van der Waals surface area contributed by atoms with Crippen molar-refractivity contribution in [3.8, 4) is 0 Å². The van der Waals surface area contributed by atoms with Crippen LogP contribution in [-0.2, 0) is 4.79 Å². The van der Waals surface area contributed by atoms with Crippen LogP contribution in [0, 0.1) is 5.92 Å². The highest BCUT2D eigenvalue weighted by molar-refractivity contribution is 5.78. The lowest BCUT2D eigenvalue weighted by atomic mass is 10.2. The maximum Gasteiger partial charge on any atom is 0.225 e. The van der Waals surface area contributed by atoms with Crippen molar-refractivity contribution in [2.75, 3.05) is 32.7 Å². The molecule has 0 bridgehead atoms. The standard InChI is InChI=1S/C12H24N2O/c1-4-6-13-7-5-8-14(10-9-13)12(15)11(2)3/h11H,4-10H2,1-3H3. The molecule has 0 aromatic heterocycles. The Morgan fingerprint density at radius 3 is 2.53 bits per heavy atom. The Labute approximate surface area is 93.4 Å². The molecule has 0 radical (unpaired) electrons. The van der Waals surface area contributed by atoms with Crippen LogP contribution in [0.15, 0.2) is 0 Å². The largest absolute Gasteiger partial charge is 0.341 e. The summed E-state index contributed by atoms with van der Waals surface area (Å²) in [4.78, 5) is 16.3. The van der Waals surface area contributed by atoms with Crippen LogP contribution in [0.2, 0.25) is 0 Å². The highest BCUT2D eigenvalue weighted by atomic mass is 16.2. The zero-order valence-electron chi connectivity index (χ0n) is 10.3. The minimum Gasteiger partial charge on any atom is -0.341 e. The second-order valence-corrected chi connectivity index (χ2v) is 4.68. The zero-order valence-corrected chi connectivity index (χ0v) is 10.3. The Balaban J connectivity index is 2.42. The number of amides is 1. The van der Waals surface area contributed by atoms with Gasteiger partial charge in [0.1, 0.15) is 0 Å². The van der Waals surface area contributed by atoms with Gasteiger partial charge in [0, 0.05) is 25.6 Å². The van der Waals surface area contributed by atoms with Gasteiger partial charge in [0.15, 0.2) is 0 Å². The van der Waals surface area contributed by atoms with Crippen molar-refractivity contribution < 1.29 is 4.79 Å². The molecule has 1 rings (SSSR count). The lowest BCUT2D eigenvalue weighted by molar-refractivity contribution is -0.134. The van der Waals surface area contributed by atoms with Gasteiger partial charge in [-0.3, -0.25) is 4.79 Å². The molecular formula is C12H24N2O. The average Bonchev–Trinajstić information content (AvgIpc) is 2.43. The second-order valence-electron chi connectivity index (χ2n) is 4.68. The van der Waals surface area contributed by atoms with E-state index in [-0.39, 0.29) is 5.92 Å². The molecule has 0 aromatic carbocycles. The van der Waals surface area contributed by atoms with Gasteiger partial charge in [-0.15, -0.1) is 0 Å². The topological polar surface area (TPSA) is 23.6 Å². The number of rotatable bonds is 3. The maximum atomic E-state index is 11.8. The molecule has 15 heavy (non-hydrogen) atoms. The van der Waals surface area contributed by atoms with Gasteiger partial charge in [-0.2, -0.15) is 0 Å². The van der Waals surface area contributed by atoms with Crippen LogP contribution in [0.4, 0.5) is 0 Å². The van der Waals surface area contributed by atoms with E-state index in [1.807, 2.05) is 18.7 Å². The predicted octanol–water partition coefficient (Wildman–Crippen LogP) is 1.59. The highest BCUT2D eigenvalue weighted by Gasteiger charge is 2.20. The normalized spacial score (nSPS) is 19.3. The smallest absolute Gasteiger partial charge is 0.225 e. The lowest BCUT2D eigenvalue weighted by Gasteiger charge is -2.23. The first-order valence-corrected chi connectivity index (χ1v) is 6.16. The fraction of sp³-hybridized carbons (Fsp3) is 0.917. The van der Waals surface area contributed by atoms with Crippen LogP contribution in [-0.4, -0.2) is 48.4 Å². The molecule has 0 spiro atoms. The number of hydrogen-bond acceptors (Lipinski definition) is 2. The molecule has 0 N–H and O–H groups in total. The summed E-state index contributed by atoms with van der Waals surface area (Å²) in [6, 6.07) is 0. The third-order valence-electron chi connectivity index (χ3n) is 2.93. The first kappa shape index (κ1) is 12.5. The number of carbonyl (C=O) groups excluding carboxylic acids is 1. The fourth-order valence-electron chi connectivity index (χ4n) is 2.10. The molecule has 1 fully saturated rings. The van der Waals surface area contributed by atoms with Crippen LogP contribution < -0.4 is 0 Å². The summed E-state index contributed by atoms with van der Waals surface area (Å²) < 4.78 is 0.